The molecule has 74 valence electrons. The lowest BCUT2D eigenvalue weighted by Crippen LogP contribution is -1.93. The molecule has 2 nitrogen and oxygen atoms in total. The summed E-state index contributed by atoms with van der Waals surface area (Å²) in [7, 11) is 0. The van der Waals surface area contributed by atoms with Gasteiger partial charge in [-0.2, -0.15) is 0 Å². The van der Waals surface area contributed by atoms with Gasteiger partial charge in [-0.05, 0) is 24.5 Å². The summed E-state index contributed by atoms with van der Waals surface area (Å²) in [6.45, 7) is 4.37. The molecule has 0 unspecified atom stereocenters. The van der Waals surface area contributed by atoms with Crippen LogP contribution in [0, 0.1) is 5.92 Å². The quantitative estimate of drug-likeness (QED) is 0.748. The van der Waals surface area contributed by atoms with Gasteiger partial charge >= 0.3 is 0 Å². The molecule has 1 aromatic heterocycles. The van der Waals surface area contributed by atoms with Crippen LogP contribution in [-0.4, -0.2) is 10.1 Å². The molecule has 0 radical (unpaired) electrons. The molecule has 0 atom stereocenters. The van der Waals surface area contributed by atoms with Crippen LogP contribution < -0.4 is 0 Å². The topological polar surface area (TPSA) is 36.0 Å². The lowest BCUT2D eigenvalue weighted by molar-refractivity contribution is 0.480. The fourth-order valence-electron chi connectivity index (χ4n) is 1.75. The highest BCUT2D eigenvalue weighted by Gasteiger charge is 2.05. The summed E-state index contributed by atoms with van der Waals surface area (Å²) in [5.41, 5.74) is 2.04. The van der Waals surface area contributed by atoms with E-state index >= 15 is 0 Å². The van der Waals surface area contributed by atoms with Gasteiger partial charge in [0.05, 0.1) is 5.52 Å². The molecule has 0 aliphatic rings. The monoisotopic (exact) mass is 189 g/mol. The standard InChI is InChI=1S/C12H15NO/c1-8(2)6-10-7-9-4-3-5-11(14)12(9)13-10/h3-5,7-8,13-14H,6H2,1-2H3. The minimum Gasteiger partial charge on any atom is -0.506 e. The van der Waals surface area contributed by atoms with Crippen LogP contribution in [0.4, 0.5) is 0 Å². The van der Waals surface area contributed by atoms with E-state index in [0.717, 1.165) is 17.3 Å². The first-order valence-corrected chi connectivity index (χ1v) is 4.96. The third kappa shape index (κ3) is 1.60. The Kier molecular flexibility index (Phi) is 2.20. The largest absolute Gasteiger partial charge is 0.506 e. The summed E-state index contributed by atoms with van der Waals surface area (Å²) in [5.74, 6) is 0.961. The first kappa shape index (κ1) is 9.13. The highest BCUT2D eigenvalue weighted by atomic mass is 16.3. The molecule has 0 saturated heterocycles. The number of rotatable bonds is 2. The molecule has 0 aliphatic heterocycles. The maximum atomic E-state index is 9.59. The highest BCUT2D eigenvalue weighted by molar-refractivity contribution is 5.85. The maximum Gasteiger partial charge on any atom is 0.139 e. The van der Waals surface area contributed by atoms with Gasteiger partial charge < -0.3 is 10.1 Å². The number of aromatic amines is 1. The van der Waals surface area contributed by atoms with Gasteiger partial charge in [0.2, 0.25) is 0 Å². The van der Waals surface area contributed by atoms with Gasteiger partial charge in [-0.3, -0.25) is 0 Å². The number of fused-ring (bicyclic) bond motifs is 1. The minimum absolute atomic E-state index is 0.331. The van der Waals surface area contributed by atoms with Crippen molar-refractivity contribution >= 4 is 10.9 Å². The molecule has 2 heteroatoms. The number of nitrogens with one attached hydrogen (secondary N) is 1. The van der Waals surface area contributed by atoms with Crippen molar-refractivity contribution < 1.29 is 5.11 Å². The van der Waals surface area contributed by atoms with E-state index in [0.29, 0.717) is 11.7 Å². The minimum atomic E-state index is 0.331. The third-order valence-corrected chi connectivity index (χ3v) is 2.32. The van der Waals surface area contributed by atoms with Crippen LogP contribution in [0.5, 0.6) is 5.75 Å². The molecule has 0 bridgehead atoms. The Balaban J connectivity index is 2.46. The Bertz CT molecular complexity index is 443. The van der Waals surface area contributed by atoms with Crippen LogP contribution in [0.3, 0.4) is 0 Å². The number of aromatic nitrogens is 1. The Hall–Kier alpha value is -1.44. The van der Waals surface area contributed by atoms with Crippen LogP contribution in [0.15, 0.2) is 24.3 Å². The highest BCUT2D eigenvalue weighted by Crippen LogP contribution is 2.25. The van der Waals surface area contributed by atoms with Crippen LogP contribution in [-0.2, 0) is 6.42 Å². The third-order valence-electron chi connectivity index (χ3n) is 2.32. The van der Waals surface area contributed by atoms with Gasteiger partial charge in [0, 0.05) is 11.1 Å². The van der Waals surface area contributed by atoms with Crippen molar-refractivity contribution in [1.29, 1.82) is 0 Å². The van der Waals surface area contributed by atoms with Crippen molar-refractivity contribution in [3.8, 4) is 5.75 Å². The molecule has 0 spiro atoms. The summed E-state index contributed by atoms with van der Waals surface area (Å²) in [6.07, 6.45) is 1.02. The normalized spacial score (nSPS) is 11.4. The number of H-pyrrole nitrogens is 1. The first-order chi connectivity index (χ1) is 6.66. The van der Waals surface area contributed by atoms with Crippen molar-refractivity contribution in [2.24, 2.45) is 5.92 Å². The molecule has 0 saturated carbocycles. The Morgan fingerprint density at radius 2 is 2.14 bits per heavy atom. The van der Waals surface area contributed by atoms with Crippen molar-refractivity contribution in [3.05, 3.63) is 30.0 Å². The van der Waals surface area contributed by atoms with Crippen LogP contribution >= 0.6 is 0 Å². The van der Waals surface area contributed by atoms with Gasteiger partial charge in [-0.1, -0.05) is 26.0 Å². The molecular weight excluding hydrogens is 174 g/mol. The fourth-order valence-corrected chi connectivity index (χ4v) is 1.75. The molecule has 0 amide bonds. The van der Waals surface area contributed by atoms with Gasteiger partial charge in [0.15, 0.2) is 0 Å². The van der Waals surface area contributed by atoms with E-state index < -0.39 is 0 Å². The summed E-state index contributed by atoms with van der Waals surface area (Å²) >= 11 is 0. The second-order valence-corrected chi connectivity index (χ2v) is 4.13. The van der Waals surface area contributed by atoms with E-state index in [1.165, 1.54) is 5.69 Å². The number of phenols is 1. The van der Waals surface area contributed by atoms with E-state index in [1.807, 2.05) is 12.1 Å². The average Bonchev–Trinajstić information content (AvgIpc) is 2.47. The van der Waals surface area contributed by atoms with Crippen molar-refractivity contribution in [1.82, 2.24) is 4.98 Å². The number of benzene rings is 1. The maximum absolute atomic E-state index is 9.59. The van der Waals surface area contributed by atoms with Crippen LogP contribution in [0.2, 0.25) is 0 Å². The molecule has 0 aliphatic carbocycles. The molecular formula is C12H15NO. The summed E-state index contributed by atoms with van der Waals surface area (Å²) in [6, 6.07) is 7.69. The predicted octanol–water partition coefficient (Wildman–Crippen LogP) is 3.07. The van der Waals surface area contributed by atoms with Gasteiger partial charge in [0.25, 0.3) is 0 Å². The zero-order valence-corrected chi connectivity index (χ0v) is 8.54. The second kappa shape index (κ2) is 3.37. The number of hydrogen-bond donors (Lipinski definition) is 2. The Morgan fingerprint density at radius 1 is 1.36 bits per heavy atom. The number of para-hydroxylation sites is 1. The molecule has 1 aromatic carbocycles. The molecule has 1 heterocycles. The Labute approximate surface area is 83.6 Å². The summed E-state index contributed by atoms with van der Waals surface area (Å²) < 4.78 is 0. The van der Waals surface area contributed by atoms with E-state index in [9.17, 15) is 5.11 Å². The van der Waals surface area contributed by atoms with Gasteiger partial charge in [-0.15, -0.1) is 0 Å². The zero-order chi connectivity index (χ0) is 10.1. The zero-order valence-electron chi connectivity index (χ0n) is 8.54. The van der Waals surface area contributed by atoms with Gasteiger partial charge in [-0.25, -0.2) is 0 Å². The first-order valence-electron chi connectivity index (χ1n) is 4.96. The molecule has 0 fully saturated rings. The molecule has 14 heavy (non-hydrogen) atoms. The molecule has 2 aromatic rings. The van der Waals surface area contributed by atoms with Crippen molar-refractivity contribution in [2.75, 3.05) is 0 Å². The summed E-state index contributed by atoms with van der Waals surface area (Å²) in [5, 5.41) is 10.7. The fraction of sp³-hybridized carbons (Fsp3) is 0.333. The molecule has 2 rings (SSSR count). The van der Waals surface area contributed by atoms with E-state index in [-0.39, 0.29) is 0 Å². The smallest absolute Gasteiger partial charge is 0.139 e. The van der Waals surface area contributed by atoms with E-state index in [4.69, 9.17) is 0 Å². The van der Waals surface area contributed by atoms with Crippen molar-refractivity contribution in [2.45, 2.75) is 20.3 Å². The lowest BCUT2D eigenvalue weighted by atomic mass is 10.1. The summed E-state index contributed by atoms with van der Waals surface area (Å²) in [4.78, 5) is 3.25. The van der Waals surface area contributed by atoms with Crippen LogP contribution in [0.25, 0.3) is 10.9 Å². The van der Waals surface area contributed by atoms with E-state index in [1.54, 1.807) is 6.07 Å². The SMILES string of the molecule is CC(C)Cc1cc2cccc(O)c2[nH]1. The lowest BCUT2D eigenvalue weighted by Gasteiger charge is -2.00. The predicted molar refractivity (Wildman–Crippen MR) is 58.5 cm³/mol. The van der Waals surface area contributed by atoms with E-state index in [2.05, 4.69) is 24.9 Å². The Morgan fingerprint density at radius 3 is 2.79 bits per heavy atom. The molecule has 2 N–H and O–H groups in total. The number of phenolic OH excluding ortho intramolecular Hbond substituents is 1. The van der Waals surface area contributed by atoms with Crippen LogP contribution in [0.1, 0.15) is 19.5 Å². The van der Waals surface area contributed by atoms with Gasteiger partial charge in [0.1, 0.15) is 5.75 Å². The average molecular weight is 189 g/mol. The van der Waals surface area contributed by atoms with Crippen molar-refractivity contribution in [3.63, 3.8) is 0 Å². The second-order valence-electron chi connectivity index (χ2n) is 4.13. The number of hydrogen-bond acceptors (Lipinski definition) is 1. The number of aromatic hydroxyl groups is 1.